The van der Waals surface area contributed by atoms with Gasteiger partial charge in [-0.1, -0.05) is 81.8 Å². The molecular weight excluding hydrogens is 396 g/mol. The third-order valence-electron chi connectivity index (χ3n) is 6.09. The number of benzene rings is 2. The minimum atomic E-state index is -0.527. The number of rotatable bonds is 9. The Morgan fingerprint density at radius 2 is 1.50 bits per heavy atom. The van der Waals surface area contributed by atoms with Crippen molar-refractivity contribution in [3.05, 3.63) is 70.8 Å². The number of carbonyl (C=O) groups is 2. The van der Waals surface area contributed by atoms with Crippen LogP contribution in [0.25, 0.3) is 0 Å². The van der Waals surface area contributed by atoms with E-state index in [1.54, 1.807) is 4.90 Å². The van der Waals surface area contributed by atoms with Crippen LogP contribution in [0.4, 0.5) is 0 Å². The fraction of sp³-hybridized carbons (Fsp3) is 0.500. The van der Waals surface area contributed by atoms with Crippen LogP contribution in [0.1, 0.15) is 76.6 Å². The standard InChI is InChI=1S/C28H40N2O2/c1-8-21(3)29-27(32)22(4)30(19-24-11-9-20(2)10-12-24)26(31)18-15-23-13-16-25(17-14-23)28(5,6)7/h9-14,16-17,21-22H,8,15,18-19H2,1-7H3,(H,29,32)/t21-,22+/m0/s1. The van der Waals surface area contributed by atoms with Crippen molar-refractivity contribution in [1.29, 1.82) is 0 Å². The van der Waals surface area contributed by atoms with Gasteiger partial charge < -0.3 is 10.2 Å². The van der Waals surface area contributed by atoms with E-state index in [2.05, 4.69) is 50.4 Å². The molecule has 2 amide bonds. The molecule has 32 heavy (non-hydrogen) atoms. The van der Waals surface area contributed by atoms with Crippen molar-refractivity contribution in [3.63, 3.8) is 0 Å². The zero-order chi connectivity index (χ0) is 23.9. The van der Waals surface area contributed by atoms with Crippen LogP contribution >= 0.6 is 0 Å². The van der Waals surface area contributed by atoms with E-state index in [9.17, 15) is 9.59 Å². The Balaban J connectivity index is 2.13. The summed E-state index contributed by atoms with van der Waals surface area (Å²) in [5.74, 6) is -0.105. The molecule has 0 spiro atoms. The third-order valence-corrected chi connectivity index (χ3v) is 6.09. The fourth-order valence-corrected chi connectivity index (χ4v) is 3.50. The number of aryl methyl sites for hydroxylation is 2. The first-order valence-electron chi connectivity index (χ1n) is 11.8. The largest absolute Gasteiger partial charge is 0.352 e. The smallest absolute Gasteiger partial charge is 0.242 e. The van der Waals surface area contributed by atoms with Gasteiger partial charge in [-0.2, -0.15) is 0 Å². The van der Waals surface area contributed by atoms with Crippen LogP contribution in [0.2, 0.25) is 0 Å². The quantitative estimate of drug-likeness (QED) is 0.560. The number of hydrogen-bond acceptors (Lipinski definition) is 2. The highest BCUT2D eigenvalue weighted by Crippen LogP contribution is 2.22. The highest BCUT2D eigenvalue weighted by molar-refractivity contribution is 5.87. The first-order chi connectivity index (χ1) is 15.0. The van der Waals surface area contributed by atoms with Gasteiger partial charge in [0, 0.05) is 19.0 Å². The lowest BCUT2D eigenvalue weighted by atomic mass is 9.86. The molecule has 4 nitrogen and oxygen atoms in total. The van der Waals surface area contributed by atoms with Gasteiger partial charge >= 0.3 is 0 Å². The summed E-state index contributed by atoms with van der Waals surface area (Å²) in [5.41, 5.74) is 4.73. The SMILES string of the molecule is CC[C@H](C)NC(=O)[C@@H](C)N(Cc1ccc(C)cc1)C(=O)CCc1ccc(C(C)(C)C)cc1. The van der Waals surface area contributed by atoms with E-state index in [4.69, 9.17) is 0 Å². The van der Waals surface area contributed by atoms with Gasteiger partial charge in [0.25, 0.3) is 0 Å². The molecule has 0 bridgehead atoms. The average molecular weight is 437 g/mol. The van der Waals surface area contributed by atoms with Crippen LogP contribution in [0, 0.1) is 6.92 Å². The molecule has 2 atom stereocenters. The summed E-state index contributed by atoms with van der Waals surface area (Å²) in [6.07, 6.45) is 1.89. The molecule has 0 aliphatic heterocycles. The minimum absolute atomic E-state index is 0.00252. The molecule has 4 heteroatoms. The van der Waals surface area contributed by atoms with Gasteiger partial charge in [-0.3, -0.25) is 9.59 Å². The summed E-state index contributed by atoms with van der Waals surface area (Å²) in [4.78, 5) is 27.8. The van der Waals surface area contributed by atoms with E-state index in [1.807, 2.05) is 52.0 Å². The molecule has 0 aliphatic carbocycles. The summed E-state index contributed by atoms with van der Waals surface area (Å²) >= 11 is 0. The Bertz CT molecular complexity index is 879. The van der Waals surface area contributed by atoms with Gasteiger partial charge in [-0.25, -0.2) is 0 Å². The first kappa shape index (κ1) is 25.6. The molecule has 2 rings (SSSR count). The Labute approximate surface area is 194 Å². The molecule has 2 aromatic carbocycles. The van der Waals surface area contributed by atoms with Crippen molar-refractivity contribution < 1.29 is 9.59 Å². The highest BCUT2D eigenvalue weighted by Gasteiger charge is 2.26. The topological polar surface area (TPSA) is 49.4 Å². The summed E-state index contributed by atoms with van der Waals surface area (Å²) < 4.78 is 0. The number of amides is 2. The monoisotopic (exact) mass is 436 g/mol. The maximum atomic E-state index is 13.3. The molecule has 0 heterocycles. The predicted molar refractivity (Wildman–Crippen MR) is 133 cm³/mol. The minimum Gasteiger partial charge on any atom is -0.352 e. The normalized spacial score (nSPS) is 13.3. The lowest BCUT2D eigenvalue weighted by molar-refractivity contribution is -0.140. The predicted octanol–water partition coefficient (Wildman–Crippen LogP) is 5.56. The molecule has 0 aromatic heterocycles. The number of nitrogens with one attached hydrogen (secondary N) is 1. The van der Waals surface area contributed by atoms with Gasteiger partial charge in [0.05, 0.1) is 0 Å². The van der Waals surface area contributed by atoms with Crippen molar-refractivity contribution in [1.82, 2.24) is 10.2 Å². The van der Waals surface area contributed by atoms with Gasteiger partial charge in [0.2, 0.25) is 11.8 Å². The van der Waals surface area contributed by atoms with Gasteiger partial charge in [0.1, 0.15) is 6.04 Å². The summed E-state index contributed by atoms with van der Waals surface area (Å²) in [5, 5.41) is 3.02. The van der Waals surface area contributed by atoms with Crippen molar-refractivity contribution in [3.8, 4) is 0 Å². The number of nitrogens with zero attached hydrogens (tertiary/aromatic N) is 1. The lowest BCUT2D eigenvalue weighted by Gasteiger charge is -2.30. The summed E-state index contributed by atoms with van der Waals surface area (Å²) in [7, 11) is 0. The molecular formula is C28H40N2O2. The van der Waals surface area contributed by atoms with Gasteiger partial charge in [-0.15, -0.1) is 0 Å². The molecule has 0 unspecified atom stereocenters. The number of carbonyl (C=O) groups excluding carboxylic acids is 2. The summed E-state index contributed by atoms with van der Waals surface area (Å²) in [6.45, 7) is 14.9. The van der Waals surface area contributed by atoms with Crippen LogP contribution in [0.3, 0.4) is 0 Å². The van der Waals surface area contributed by atoms with E-state index in [0.29, 0.717) is 19.4 Å². The first-order valence-corrected chi connectivity index (χ1v) is 11.8. The Hall–Kier alpha value is -2.62. The summed E-state index contributed by atoms with van der Waals surface area (Å²) in [6, 6.07) is 16.2. The average Bonchev–Trinajstić information content (AvgIpc) is 2.76. The molecule has 174 valence electrons. The van der Waals surface area contributed by atoms with E-state index in [1.165, 1.54) is 11.1 Å². The van der Waals surface area contributed by atoms with Crippen molar-refractivity contribution in [2.24, 2.45) is 0 Å². The molecule has 0 aliphatic rings. The van der Waals surface area contributed by atoms with E-state index in [-0.39, 0.29) is 23.3 Å². The molecule has 0 saturated heterocycles. The molecule has 0 fully saturated rings. The van der Waals surface area contributed by atoms with E-state index in [0.717, 1.165) is 17.5 Å². The van der Waals surface area contributed by atoms with Crippen LogP contribution in [-0.4, -0.2) is 28.8 Å². The Morgan fingerprint density at radius 3 is 2.03 bits per heavy atom. The van der Waals surface area contributed by atoms with E-state index < -0.39 is 6.04 Å². The Morgan fingerprint density at radius 1 is 0.938 bits per heavy atom. The van der Waals surface area contributed by atoms with Crippen molar-refractivity contribution in [2.75, 3.05) is 0 Å². The second kappa shape index (κ2) is 11.3. The fourth-order valence-electron chi connectivity index (χ4n) is 3.50. The molecule has 2 aromatic rings. The van der Waals surface area contributed by atoms with Crippen molar-refractivity contribution in [2.45, 2.75) is 91.8 Å². The van der Waals surface area contributed by atoms with Crippen LogP contribution in [-0.2, 0) is 28.0 Å². The molecule has 0 saturated carbocycles. The zero-order valence-corrected chi connectivity index (χ0v) is 20.9. The van der Waals surface area contributed by atoms with Crippen LogP contribution in [0.15, 0.2) is 48.5 Å². The second-order valence-corrected chi connectivity index (χ2v) is 9.95. The maximum Gasteiger partial charge on any atom is 0.242 e. The van der Waals surface area contributed by atoms with Crippen molar-refractivity contribution >= 4 is 11.8 Å². The van der Waals surface area contributed by atoms with E-state index >= 15 is 0 Å². The van der Waals surface area contributed by atoms with Crippen LogP contribution in [0.5, 0.6) is 0 Å². The van der Waals surface area contributed by atoms with Gasteiger partial charge in [0.15, 0.2) is 0 Å². The lowest BCUT2D eigenvalue weighted by Crippen LogP contribution is -2.49. The zero-order valence-electron chi connectivity index (χ0n) is 20.9. The molecule has 1 N–H and O–H groups in total. The molecule has 0 radical (unpaired) electrons. The van der Waals surface area contributed by atoms with Crippen LogP contribution < -0.4 is 5.32 Å². The Kier molecular flexibility index (Phi) is 9.06. The van der Waals surface area contributed by atoms with Gasteiger partial charge in [-0.05, 0) is 55.7 Å². The maximum absolute atomic E-state index is 13.3. The highest BCUT2D eigenvalue weighted by atomic mass is 16.2. The second-order valence-electron chi connectivity index (χ2n) is 9.95. The number of hydrogen-bond donors (Lipinski definition) is 1. The third kappa shape index (κ3) is 7.51.